The highest BCUT2D eigenvalue weighted by atomic mass is 79.9. The number of benzene rings is 2. The molecule has 2 aromatic carbocycles. The molecule has 2 heterocycles. The summed E-state index contributed by atoms with van der Waals surface area (Å²) in [7, 11) is 0. The maximum absolute atomic E-state index is 12.9. The van der Waals surface area contributed by atoms with Crippen LogP contribution in [0.5, 0.6) is 11.5 Å². The highest BCUT2D eigenvalue weighted by Crippen LogP contribution is 2.39. The average Bonchev–Trinajstić information content (AvgIpc) is 3.45. The second kappa shape index (κ2) is 11.1. The summed E-state index contributed by atoms with van der Waals surface area (Å²) in [5.74, 6) is 0.443. The number of halogens is 1. The topological polar surface area (TPSA) is 76.2 Å². The van der Waals surface area contributed by atoms with Crippen molar-refractivity contribution in [3.05, 3.63) is 63.0 Å². The molecular formula is C25H25BrN2O5S. The normalized spacial score (nSPS) is 17.1. The second-order valence-electron chi connectivity index (χ2n) is 7.89. The van der Waals surface area contributed by atoms with Gasteiger partial charge in [0.1, 0.15) is 13.2 Å². The summed E-state index contributed by atoms with van der Waals surface area (Å²) in [5, 5.41) is -0.435. The lowest BCUT2D eigenvalue weighted by Crippen LogP contribution is -2.40. The molecule has 2 fully saturated rings. The molecule has 178 valence electrons. The van der Waals surface area contributed by atoms with Crippen LogP contribution < -0.4 is 9.47 Å². The molecule has 9 heteroatoms. The average molecular weight is 545 g/mol. The van der Waals surface area contributed by atoms with Crippen LogP contribution in [0.4, 0.5) is 4.79 Å². The van der Waals surface area contributed by atoms with Gasteiger partial charge in [-0.1, -0.05) is 30.3 Å². The molecule has 0 saturated carbocycles. The van der Waals surface area contributed by atoms with Gasteiger partial charge in [0.25, 0.3) is 11.1 Å². The number of imide groups is 1. The third kappa shape index (κ3) is 5.64. The van der Waals surface area contributed by atoms with E-state index in [2.05, 4.69) is 15.9 Å². The SMILES string of the molecule is CCOc1cc(/C=C2/SC(=O)N(CC(=O)N3CCCC3)C2=O)cc(Br)c1OCc1ccccc1. The number of ether oxygens (including phenoxy) is 2. The molecule has 0 spiro atoms. The standard InChI is InChI=1S/C25H25BrN2O5S/c1-2-32-20-13-18(12-19(26)23(20)33-16-17-8-4-3-5-9-17)14-21-24(30)28(25(31)34-21)15-22(29)27-10-6-7-11-27/h3-5,8-9,12-14H,2,6-7,10-11,15-16H2,1H3/b21-14+. The van der Waals surface area contributed by atoms with Crippen LogP contribution in [-0.4, -0.2) is 53.1 Å². The van der Waals surface area contributed by atoms with Gasteiger partial charge in [-0.05, 0) is 76.8 Å². The maximum Gasteiger partial charge on any atom is 0.294 e. The van der Waals surface area contributed by atoms with Gasteiger partial charge in [-0.15, -0.1) is 0 Å². The van der Waals surface area contributed by atoms with Crippen LogP contribution in [0, 0.1) is 0 Å². The molecule has 0 aromatic heterocycles. The van der Waals surface area contributed by atoms with E-state index < -0.39 is 11.1 Å². The van der Waals surface area contributed by atoms with E-state index in [1.165, 1.54) is 0 Å². The molecule has 2 aromatic rings. The molecule has 0 atom stereocenters. The predicted molar refractivity (Wildman–Crippen MR) is 135 cm³/mol. The molecule has 0 bridgehead atoms. The lowest BCUT2D eigenvalue weighted by molar-refractivity contribution is -0.135. The summed E-state index contributed by atoms with van der Waals surface area (Å²) in [4.78, 5) is 40.7. The Bertz CT molecular complexity index is 1120. The minimum atomic E-state index is -0.457. The third-order valence-corrected chi connectivity index (χ3v) is 6.98. The first-order valence-electron chi connectivity index (χ1n) is 11.1. The first-order chi connectivity index (χ1) is 16.5. The van der Waals surface area contributed by atoms with Crippen LogP contribution in [0.15, 0.2) is 51.8 Å². The van der Waals surface area contributed by atoms with E-state index in [4.69, 9.17) is 9.47 Å². The van der Waals surface area contributed by atoms with E-state index in [0.29, 0.717) is 47.8 Å². The van der Waals surface area contributed by atoms with Crippen molar-refractivity contribution in [3.63, 3.8) is 0 Å². The molecule has 0 unspecified atom stereocenters. The fraction of sp³-hybridized carbons (Fsp3) is 0.320. The van der Waals surface area contributed by atoms with Crippen molar-refractivity contribution >= 4 is 50.8 Å². The van der Waals surface area contributed by atoms with Crippen molar-refractivity contribution in [2.75, 3.05) is 26.2 Å². The number of hydrogen-bond acceptors (Lipinski definition) is 6. The second-order valence-corrected chi connectivity index (χ2v) is 9.74. The van der Waals surface area contributed by atoms with E-state index >= 15 is 0 Å². The number of hydrogen-bond donors (Lipinski definition) is 0. The highest BCUT2D eigenvalue weighted by molar-refractivity contribution is 9.10. The smallest absolute Gasteiger partial charge is 0.294 e. The number of thioether (sulfide) groups is 1. The van der Waals surface area contributed by atoms with Gasteiger partial charge >= 0.3 is 0 Å². The summed E-state index contributed by atoms with van der Waals surface area (Å²) >= 11 is 4.39. The summed E-state index contributed by atoms with van der Waals surface area (Å²) in [6, 6.07) is 13.4. The van der Waals surface area contributed by atoms with Gasteiger partial charge in [-0.25, -0.2) is 0 Å². The Labute approximate surface area is 211 Å². The molecule has 4 rings (SSSR count). The molecule has 3 amide bonds. The molecule has 2 aliphatic heterocycles. The van der Waals surface area contributed by atoms with E-state index in [-0.39, 0.29) is 17.4 Å². The Morgan fingerprint density at radius 1 is 1.12 bits per heavy atom. The van der Waals surface area contributed by atoms with Crippen LogP contribution in [0.1, 0.15) is 30.9 Å². The Balaban J connectivity index is 1.51. The number of carbonyl (C=O) groups excluding carboxylic acids is 3. The molecular weight excluding hydrogens is 520 g/mol. The Morgan fingerprint density at radius 2 is 1.85 bits per heavy atom. The number of carbonyl (C=O) groups is 3. The van der Waals surface area contributed by atoms with Crippen molar-refractivity contribution in [3.8, 4) is 11.5 Å². The van der Waals surface area contributed by atoms with E-state index in [1.54, 1.807) is 17.0 Å². The van der Waals surface area contributed by atoms with Gasteiger partial charge in [0.05, 0.1) is 16.0 Å². The fourth-order valence-electron chi connectivity index (χ4n) is 3.79. The third-order valence-electron chi connectivity index (χ3n) is 5.48. The maximum atomic E-state index is 12.9. The predicted octanol–water partition coefficient (Wildman–Crippen LogP) is 5.09. The number of likely N-dealkylation sites (tertiary alicyclic amines) is 1. The summed E-state index contributed by atoms with van der Waals surface area (Å²) in [6.45, 7) is 3.83. The lowest BCUT2D eigenvalue weighted by atomic mass is 10.1. The molecule has 7 nitrogen and oxygen atoms in total. The van der Waals surface area contributed by atoms with Gasteiger partial charge in [0.2, 0.25) is 5.91 Å². The molecule has 0 radical (unpaired) electrons. The molecule has 0 N–H and O–H groups in total. The summed E-state index contributed by atoms with van der Waals surface area (Å²) in [5.41, 5.74) is 1.71. The quantitative estimate of drug-likeness (QED) is 0.431. The van der Waals surface area contributed by atoms with Crippen molar-refractivity contribution in [2.45, 2.75) is 26.4 Å². The van der Waals surface area contributed by atoms with Crippen molar-refractivity contribution in [1.82, 2.24) is 9.80 Å². The van der Waals surface area contributed by atoms with Gasteiger partial charge in [0.15, 0.2) is 11.5 Å². The molecule has 0 aliphatic carbocycles. The highest BCUT2D eigenvalue weighted by Gasteiger charge is 2.37. The zero-order valence-corrected chi connectivity index (χ0v) is 21.2. The van der Waals surface area contributed by atoms with Gasteiger partial charge < -0.3 is 14.4 Å². The Hall–Kier alpha value is -2.78. The monoisotopic (exact) mass is 544 g/mol. The fourth-order valence-corrected chi connectivity index (χ4v) is 5.21. The van der Waals surface area contributed by atoms with Crippen LogP contribution in [0.25, 0.3) is 6.08 Å². The Kier molecular flexibility index (Phi) is 7.95. The van der Waals surface area contributed by atoms with E-state index in [0.717, 1.165) is 35.1 Å². The van der Waals surface area contributed by atoms with Crippen molar-refractivity contribution in [2.24, 2.45) is 0 Å². The number of nitrogens with zero attached hydrogens (tertiary/aromatic N) is 2. The number of amides is 3. The first kappa shape index (κ1) is 24.3. The molecule has 2 aliphatic rings. The van der Waals surface area contributed by atoms with Gasteiger partial charge in [-0.2, -0.15) is 0 Å². The van der Waals surface area contributed by atoms with Crippen molar-refractivity contribution in [1.29, 1.82) is 0 Å². The van der Waals surface area contributed by atoms with Crippen LogP contribution in [-0.2, 0) is 16.2 Å². The molecule has 2 saturated heterocycles. The van der Waals surface area contributed by atoms with Crippen molar-refractivity contribution < 1.29 is 23.9 Å². The van der Waals surface area contributed by atoms with Gasteiger partial charge in [-0.3, -0.25) is 19.3 Å². The van der Waals surface area contributed by atoms with E-state index in [9.17, 15) is 14.4 Å². The Morgan fingerprint density at radius 3 is 2.56 bits per heavy atom. The van der Waals surface area contributed by atoms with Crippen LogP contribution >= 0.6 is 27.7 Å². The lowest BCUT2D eigenvalue weighted by Gasteiger charge is -2.18. The first-order valence-corrected chi connectivity index (χ1v) is 12.7. The van der Waals surface area contributed by atoms with Gasteiger partial charge in [0, 0.05) is 13.1 Å². The van der Waals surface area contributed by atoms with Crippen LogP contribution in [0.3, 0.4) is 0 Å². The number of rotatable bonds is 8. The summed E-state index contributed by atoms with van der Waals surface area (Å²) < 4.78 is 12.5. The summed E-state index contributed by atoms with van der Waals surface area (Å²) in [6.07, 6.45) is 3.55. The minimum absolute atomic E-state index is 0.192. The largest absolute Gasteiger partial charge is 0.490 e. The zero-order valence-electron chi connectivity index (χ0n) is 18.8. The van der Waals surface area contributed by atoms with E-state index in [1.807, 2.05) is 43.3 Å². The minimum Gasteiger partial charge on any atom is -0.490 e. The molecule has 34 heavy (non-hydrogen) atoms. The zero-order chi connectivity index (χ0) is 24.1. The van der Waals surface area contributed by atoms with Crippen LogP contribution in [0.2, 0.25) is 0 Å².